The maximum atomic E-state index is 12.1. The highest BCUT2D eigenvalue weighted by Gasteiger charge is 2.15. The molecule has 2 rings (SSSR count). The maximum absolute atomic E-state index is 12.1. The molecule has 0 radical (unpaired) electrons. The van der Waals surface area contributed by atoms with E-state index in [0.29, 0.717) is 5.58 Å². The summed E-state index contributed by atoms with van der Waals surface area (Å²) in [6, 6.07) is 6.14. The first-order valence-electron chi connectivity index (χ1n) is 7.31. The highest BCUT2D eigenvalue weighted by atomic mass is 16.4. The fourth-order valence-corrected chi connectivity index (χ4v) is 2.81. The fraction of sp³-hybridized carbons (Fsp3) is 0.471. The molecule has 0 aliphatic heterocycles. The van der Waals surface area contributed by atoms with Gasteiger partial charge in [0.2, 0.25) is 0 Å². The third-order valence-corrected chi connectivity index (χ3v) is 3.90. The minimum absolute atomic E-state index is 0.179. The van der Waals surface area contributed by atoms with Crippen LogP contribution in [-0.4, -0.2) is 13.1 Å². The third kappa shape index (κ3) is 2.45. The molecule has 0 saturated heterocycles. The van der Waals surface area contributed by atoms with Crippen molar-refractivity contribution in [3.8, 4) is 0 Å². The van der Waals surface area contributed by atoms with Gasteiger partial charge in [0.1, 0.15) is 5.58 Å². The largest absolute Gasteiger partial charge is 0.422 e. The van der Waals surface area contributed by atoms with Gasteiger partial charge in [0, 0.05) is 35.8 Å². The van der Waals surface area contributed by atoms with E-state index in [1.54, 1.807) is 0 Å². The van der Waals surface area contributed by atoms with Crippen LogP contribution in [0.2, 0.25) is 0 Å². The Bertz CT molecular complexity index is 666. The van der Waals surface area contributed by atoms with Crippen molar-refractivity contribution in [2.24, 2.45) is 0 Å². The molecule has 0 unspecified atom stereocenters. The van der Waals surface area contributed by atoms with Crippen LogP contribution in [0.3, 0.4) is 0 Å². The lowest BCUT2D eigenvalue weighted by atomic mass is 9.97. The van der Waals surface area contributed by atoms with Crippen LogP contribution in [0, 0.1) is 6.92 Å². The molecule has 0 aliphatic rings. The third-order valence-electron chi connectivity index (χ3n) is 3.90. The molecule has 20 heavy (non-hydrogen) atoms. The molecule has 0 spiro atoms. The molecular formula is C17H23NO2. The predicted octanol–water partition coefficient (Wildman–Crippen LogP) is 4.07. The second-order valence-electron chi connectivity index (χ2n) is 5.44. The van der Waals surface area contributed by atoms with Crippen molar-refractivity contribution in [3.63, 3.8) is 0 Å². The first-order chi connectivity index (χ1) is 9.49. The van der Waals surface area contributed by atoms with Crippen LogP contribution in [0.5, 0.6) is 0 Å². The van der Waals surface area contributed by atoms with Gasteiger partial charge in [-0.3, -0.25) is 0 Å². The van der Waals surface area contributed by atoms with Gasteiger partial charge in [-0.2, -0.15) is 0 Å². The monoisotopic (exact) mass is 273 g/mol. The molecule has 3 nitrogen and oxygen atoms in total. The summed E-state index contributed by atoms with van der Waals surface area (Å²) in [6.07, 6.45) is 0. The van der Waals surface area contributed by atoms with Crippen molar-refractivity contribution < 1.29 is 4.42 Å². The molecule has 0 N–H and O–H groups in total. The van der Waals surface area contributed by atoms with E-state index in [1.165, 1.54) is 0 Å². The number of nitrogens with zero attached hydrogens (tertiary/aromatic N) is 1. The molecule has 0 aliphatic carbocycles. The second kappa shape index (κ2) is 5.70. The van der Waals surface area contributed by atoms with E-state index < -0.39 is 0 Å². The SMILES string of the molecule is CCN(CC)c1ccc2c(C)c(C(C)C)c(=O)oc2c1. The summed E-state index contributed by atoms with van der Waals surface area (Å²) in [4.78, 5) is 14.4. The van der Waals surface area contributed by atoms with Crippen molar-refractivity contribution in [1.82, 2.24) is 0 Å². The Hall–Kier alpha value is -1.77. The summed E-state index contributed by atoms with van der Waals surface area (Å²) in [7, 11) is 0. The Morgan fingerprint density at radius 2 is 1.85 bits per heavy atom. The van der Waals surface area contributed by atoms with Crippen molar-refractivity contribution in [1.29, 1.82) is 0 Å². The van der Waals surface area contributed by atoms with Gasteiger partial charge in [0.05, 0.1) is 0 Å². The van der Waals surface area contributed by atoms with E-state index in [-0.39, 0.29) is 11.5 Å². The molecular weight excluding hydrogens is 250 g/mol. The molecule has 0 fully saturated rings. The number of anilines is 1. The summed E-state index contributed by atoms with van der Waals surface area (Å²) in [5.41, 5.74) is 3.40. The van der Waals surface area contributed by atoms with Crippen molar-refractivity contribution >= 4 is 16.7 Å². The van der Waals surface area contributed by atoms with Gasteiger partial charge in [-0.15, -0.1) is 0 Å². The lowest BCUT2D eigenvalue weighted by Gasteiger charge is -2.21. The quantitative estimate of drug-likeness (QED) is 0.787. The van der Waals surface area contributed by atoms with E-state index in [9.17, 15) is 4.79 Å². The second-order valence-corrected chi connectivity index (χ2v) is 5.44. The number of rotatable bonds is 4. The van der Waals surface area contributed by atoms with Crippen LogP contribution in [-0.2, 0) is 0 Å². The van der Waals surface area contributed by atoms with Gasteiger partial charge in [0.25, 0.3) is 0 Å². The maximum Gasteiger partial charge on any atom is 0.339 e. The average molecular weight is 273 g/mol. The molecule has 108 valence electrons. The van der Waals surface area contributed by atoms with Crippen LogP contribution in [0.25, 0.3) is 11.0 Å². The highest BCUT2D eigenvalue weighted by Crippen LogP contribution is 2.27. The van der Waals surface area contributed by atoms with Crippen LogP contribution in [0.1, 0.15) is 44.7 Å². The molecule has 3 heteroatoms. The predicted molar refractivity (Wildman–Crippen MR) is 84.9 cm³/mol. The Kier molecular flexibility index (Phi) is 4.17. The van der Waals surface area contributed by atoms with Gasteiger partial charge in [-0.25, -0.2) is 4.79 Å². The summed E-state index contributed by atoms with van der Waals surface area (Å²) in [6.45, 7) is 12.2. The molecule has 1 aromatic carbocycles. The lowest BCUT2D eigenvalue weighted by Crippen LogP contribution is -2.21. The Morgan fingerprint density at radius 1 is 1.20 bits per heavy atom. The lowest BCUT2D eigenvalue weighted by molar-refractivity contribution is 0.542. The molecule has 0 atom stereocenters. The number of fused-ring (bicyclic) bond motifs is 1. The Labute approximate surface area is 120 Å². The van der Waals surface area contributed by atoms with E-state index in [1.807, 2.05) is 26.8 Å². The van der Waals surface area contributed by atoms with Gasteiger partial charge in [-0.1, -0.05) is 13.8 Å². The smallest absolute Gasteiger partial charge is 0.339 e. The average Bonchev–Trinajstić information content (AvgIpc) is 2.39. The number of hydrogen-bond acceptors (Lipinski definition) is 3. The van der Waals surface area contributed by atoms with Gasteiger partial charge >= 0.3 is 5.63 Å². The highest BCUT2D eigenvalue weighted by molar-refractivity contribution is 5.84. The molecule has 1 aromatic heterocycles. The number of benzene rings is 1. The summed E-state index contributed by atoms with van der Waals surface area (Å²) in [5.74, 6) is 0.179. The zero-order valence-corrected chi connectivity index (χ0v) is 13.0. The molecule has 0 bridgehead atoms. The summed E-state index contributed by atoms with van der Waals surface area (Å²) < 4.78 is 5.53. The first kappa shape index (κ1) is 14.6. The first-order valence-corrected chi connectivity index (χ1v) is 7.31. The zero-order valence-electron chi connectivity index (χ0n) is 13.0. The molecule has 1 heterocycles. The topological polar surface area (TPSA) is 33.5 Å². The van der Waals surface area contributed by atoms with Gasteiger partial charge < -0.3 is 9.32 Å². The summed E-state index contributed by atoms with van der Waals surface area (Å²) >= 11 is 0. The van der Waals surface area contributed by atoms with E-state index in [4.69, 9.17) is 4.42 Å². The van der Waals surface area contributed by atoms with Crippen molar-refractivity contribution in [2.75, 3.05) is 18.0 Å². The van der Waals surface area contributed by atoms with Crippen molar-refractivity contribution in [2.45, 2.75) is 40.5 Å². The molecule has 2 aromatic rings. The van der Waals surface area contributed by atoms with E-state index >= 15 is 0 Å². The number of hydrogen-bond donors (Lipinski definition) is 0. The minimum Gasteiger partial charge on any atom is -0.422 e. The van der Waals surface area contributed by atoms with Gasteiger partial charge in [0.15, 0.2) is 0 Å². The van der Waals surface area contributed by atoms with E-state index in [0.717, 1.165) is 35.3 Å². The summed E-state index contributed by atoms with van der Waals surface area (Å²) in [5, 5.41) is 1.03. The van der Waals surface area contributed by atoms with Crippen LogP contribution >= 0.6 is 0 Å². The zero-order chi connectivity index (χ0) is 14.9. The van der Waals surface area contributed by atoms with E-state index in [2.05, 4.69) is 30.9 Å². The molecule has 0 saturated carbocycles. The Balaban J connectivity index is 2.67. The van der Waals surface area contributed by atoms with Crippen LogP contribution in [0.4, 0.5) is 5.69 Å². The standard InChI is InChI=1S/C17H23NO2/c1-6-18(7-2)13-8-9-14-12(5)16(11(3)4)17(19)20-15(14)10-13/h8-11H,6-7H2,1-5H3. The van der Waals surface area contributed by atoms with Crippen LogP contribution in [0.15, 0.2) is 27.4 Å². The molecule has 0 amide bonds. The fourth-order valence-electron chi connectivity index (χ4n) is 2.81. The van der Waals surface area contributed by atoms with Crippen molar-refractivity contribution in [3.05, 3.63) is 39.7 Å². The minimum atomic E-state index is -0.207. The Morgan fingerprint density at radius 3 is 2.40 bits per heavy atom. The normalized spacial score (nSPS) is 11.3. The van der Waals surface area contributed by atoms with Gasteiger partial charge in [-0.05, 0) is 44.4 Å². The number of aryl methyl sites for hydroxylation is 1. The van der Waals surface area contributed by atoms with Crippen LogP contribution < -0.4 is 10.5 Å².